The van der Waals surface area contributed by atoms with Crippen LogP contribution in [0.4, 0.5) is 0 Å². The number of carboxylic acid groups (broad SMARTS) is 1. The Morgan fingerprint density at radius 1 is 1.28 bits per heavy atom. The third-order valence-electron chi connectivity index (χ3n) is 2.70. The number of aliphatic carboxylic acids is 1. The first-order valence-corrected chi connectivity index (χ1v) is 5.87. The summed E-state index contributed by atoms with van der Waals surface area (Å²) in [7, 11) is 0. The lowest BCUT2D eigenvalue weighted by Gasteiger charge is -2.28. The summed E-state index contributed by atoms with van der Waals surface area (Å²) in [5.41, 5.74) is 0.524. The number of rotatable bonds is 5. The van der Waals surface area contributed by atoms with Crippen LogP contribution in [0.25, 0.3) is 0 Å². The molecule has 5 nitrogen and oxygen atoms in total. The summed E-state index contributed by atoms with van der Waals surface area (Å²) in [6.07, 6.45) is 3.10. The van der Waals surface area contributed by atoms with E-state index in [0.29, 0.717) is 5.56 Å². The Kier molecular flexibility index (Phi) is 4.83. The predicted molar refractivity (Wildman–Crippen MR) is 67.2 cm³/mol. The number of pyridine rings is 1. The maximum absolute atomic E-state index is 12.2. The van der Waals surface area contributed by atoms with E-state index in [4.69, 9.17) is 5.11 Å². The molecule has 0 radical (unpaired) electrons. The molecule has 1 atom stereocenters. The highest BCUT2D eigenvalue weighted by molar-refractivity contribution is 5.94. The highest BCUT2D eigenvalue weighted by Crippen LogP contribution is 2.11. The molecule has 0 fully saturated rings. The zero-order chi connectivity index (χ0) is 13.7. The number of amides is 1. The third-order valence-corrected chi connectivity index (χ3v) is 2.70. The van der Waals surface area contributed by atoms with Gasteiger partial charge in [0, 0.05) is 30.5 Å². The average Bonchev–Trinajstić information content (AvgIpc) is 2.35. The molecule has 1 N–H and O–H groups in total. The van der Waals surface area contributed by atoms with E-state index < -0.39 is 11.9 Å². The number of carbonyl (C=O) groups is 2. The van der Waals surface area contributed by atoms with Crippen LogP contribution in [-0.4, -0.2) is 39.5 Å². The van der Waals surface area contributed by atoms with Crippen molar-refractivity contribution in [2.24, 2.45) is 5.92 Å². The maximum atomic E-state index is 12.2. The van der Waals surface area contributed by atoms with Crippen molar-refractivity contribution in [1.82, 2.24) is 9.88 Å². The molecule has 0 aliphatic heterocycles. The van der Waals surface area contributed by atoms with Crippen LogP contribution in [0.5, 0.6) is 0 Å². The van der Waals surface area contributed by atoms with Crippen LogP contribution in [0.1, 0.15) is 31.1 Å². The lowest BCUT2D eigenvalue weighted by molar-refractivity contribution is -0.141. The summed E-state index contributed by atoms with van der Waals surface area (Å²) in [4.78, 5) is 28.5. The van der Waals surface area contributed by atoms with Crippen molar-refractivity contribution in [3.63, 3.8) is 0 Å². The van der Waals surface area contributed by atoms with Gasteiger partial charge in [0.25, 0.3) is 5.91 Å². The Bertz CT molecular complexity index is 418. The second kappa shape index (κ2) is 6.14. The van der Waals surface area contributed by atoms with Crippen molar-refractivity contribution < 1.29 is 14.7 Å². The molecular weight excluding hydrogens is 232 g/mol. The third kappa shape index (κ3) is 3.55. The molecule has 1 aromatic rings. The zero-order valence-electron chi connectivity index (χ0n) is 10.8. The van der Waals surface area contributed by atoms with Gasteiger partial charge in [0.05, 0.1) is 5.92 Å². The van der Waals surface area contributed by atoms with Gasteiger partial charge in [-0.3, -0.25) is 14.6 Å². The van der Waals surface area contributed by atoms with Gasteiger partial charge in [-0.1, -0.05) is 6.92 Å². The van der Waals surface area contributed by atoms with E-state index in [-0.39, 0.29) is 18.5 Å². The van der Waals surface area contributed by atoms with Crippen molar-refractivity contribution in [3.8, 4) is 0 Å². The Morgan fingerprint density at radius 2 is 1.83 bits per heavy atom. The molecule has 0 aliphatic carbocycles. The van der Waals surface area contributed by atoms with E-state index in [2.05, 4.69) is 4.98 Å². The molecule has 0 bridgehead atoms. The Hall–Kier alpha value is -1.91. The molecule has 0 spiro atoms. The van der Waals surface area contributed by atoms with Crippen LogP contribution in [0.2, 0.25) is 0 Å². The van der Waals surface area contributed by atoms with Gasteiger partial charge in [-0.25, -0.2) is 0 Å². The minimum atomic E-state index is -0.900. The molecule has 1 aromatic heterocycles. The fourth-order valence-electron chi connectivity index (χ4n) is 1.56. The van der Waals surface area contributed by atoms with Crippen molar-refractivity contribution in [2.75, 3.05) is 6.54 Å². The molecule has 0 aliphatic rings. The Morgan fingerprint density at radius 3 is 2.28 bits per heavy atom. The minimum Gasteiger partial charge on any atom is -0.481 e. The Labute approximate surface area is 106 Å². The summed E-state index contributed by atoms with van der Waals surface area (Å²) in [5, 5.41) is 8.92. The molecule has 1 unspecified atom stereocenters. The van der Waals surface area contributed by atoms with E-state index in [1.807, 2.05) is 13.8 Å². The number of carboxylic acids is 1. The topological polar surface area (TPSA) is 70.5 Å². The number of hydrogen-bond acceptors (Lipinski definition) is 3. The lowest BCUT2D eigenvalue weighted by atomic mass is 10.1. The molecule has 1 rings (SSSR count). The summed E-state index contributed by atoms with van der Waals surface area (Å²) >= 11 is 0. The summed E-state index contributed by atoms with van der Waals surface area (Å²) in [6.45, 7) is 5.53. The zero-order valence-corrected chi connectivity index (χ0v) is 10.8. The average molecular weight is 250 g/mol. The van der Waals surface area contributed by atoms with E-state index in [0.717, 1.165) is 0 Å². The second-order valence-corrected chi connectivity index (χ2v) is 4.53. The van der Waals surface area contributed by atoms with Gasteiger partial charge in [0.2, 0.25) is 0 Å². The predicted octanol–water partition coefficient (Wildman–Crippen LogP) is 1.65. The highest BCUT2D eigenvalue weighted by atomic mass is 16.4. The van der Waals surface area contributed by atoms with Gasteiger partial charge in [0.1, 0.15) is 0 Å². The number of nitrogens with zero attached hydrogens (tertiary/aromatic N) is 2. The van der Waals surface area contributed by atoms with Gasteiger partial charge in [-0.05, 0) is 26.0 Å². The quantitative estimate of drug-likeness (QED) is 0.862. The standard InChI is InChI=1S/C13H18N2O3/c1-9(2)15(8-10(3)13(17)18)12(16)11-4-6-14-7-5-11/h4-7,9-10H,8H2,1-3H3,(H,17,18). The van der Waals surface area contributed by atoms with E-state index in [9.17, 15) is 9.59 Å². The maximum Gasteiger partial charge on any atom is 0.308 e. The molecule has 18 heavy (non-hydrogen) atoms. The van der Waals surface area contributed by atoms with Crippen LogP contribution in [-0.2, 0) is 4.79 Å². The fourth-order valence-corrected chi connectivity index (χ4v) is 1.56. The van der Waals surface area contributed by atoms with Gasteiger partial charge < -0.3 is 10.0 Å². The first-order valence-electron chi connectivity index (χ1n) is 5.87. The number of carbonyl (C=O) groups excluding carboxylic acids is 1. The van der Waals surface area contributed by atoms with Crippen LogP contribution < -0.4 is 0 Å². The van der Waals surface area contributed by atoms with Crippen molar-refractivity contribution >= 4 is 11.9 Å². The number of hydrogen-bond donors (Lipinski definition) is 1. The molecule has 98 valence electrons. The van der Waals surface area contributed by atoms with E-state index in [1.165, 1.54) is 0 Å². The van der Waals surface area contributed by atoms with Gasteiger partial charge in [0.15, 0.2) is 0 Å². The SMILES string of the molecule is CC(CN(C(=O)c1ccncc1)C(C)C)C(=O)O. The van der Waals surface area contributed by atoms with Gasteiger partial charge >= 0.3 is 5.97 Å². The van der Waals surface area contributed by atoms with Crippen LogP contribution in [0.15, 0.2) is 24.5 Å². The molecule has 1 amide bonds. The monoisotopic (exact) mass is 250 g/mol. The minimum absolute atomic E-state index is 0.0486. The first-order chi connectivity index (χ1) is 8.43. The fraction of sp³-hybridized carbons (Fsp3) is 0.462. The smallest absolute Gasteiger partial charge is 0.308 e. The summed E-state index contributed by atoms with van der Waals surface area (Å²) in [6, 6.07) is 3.21. The summed E-state index contributed by atoms with van der Waals surface area (Å²) in [5.74, 6) is -1.65. The van der Waals surface area contributed by atoms with Crippen molar-refractivity contribution in [3.05, 3.63) is 30.1 Å². The largest absolute Gasteiger partial charge is 0.481 e. The molecule has 5 heteroatoms. The van der Waals surface area contributed by atoms with Gasteiger partial charge in [-0.15, -0.1) is 0 Å². The molecule has 0 saturated heterocycles. The molecular formula is C13H18N2O3. The lowest BCUT2D eigenvalue weighted by Crippen LogP contribution is -2.41. The summed E-state index contributed by atoms with van der Waals surface area (Å²) < 4.78 is 0. The molecule has 0 saturated carbocycles. The van der Waals surface area contributed by atoms with Crippen LogP contribution >= 0.6 is 0 Å². The normalized spacial score (nSPS) is 12.2. The second-order valence-electron chi connectivity index (χ2n) is 4.53. The first kappa shape index (κ1) is 14.2. The van der Waals surface area contributed by atoms with Gasteiger partial charge in [-0.2, -0.15) is 0 Å². The molecule has 1 heterocycles. The van der Waals surface area contributed by atoms with E-state index >= 15 is 0 Å². The highest BCUT2D eigenvalue weighted by Gasteiger charge is 2.23. The van der Waals surface area contributed by atoms with E-state index in [1.54, 1.807) is 36.4 Å². The van der Waals surface area contributed by atoms with Crippen LogP contribution in [0, 0.1) is 5.92 Å². The molecule has 0 aromatic carbocycles. The number of aromatic nitrogens is 1. The van der Waals surface area contributed by atoms with Crippen LogP contribution in [0.3, 0.4) is 0 Å². The van der Waals surface area contributed by atoms with Crippen molar-refractivity contribution in [2.45, 2.75) is 26.8 Å². The van der Waals surface area contributed by atoms with Crippen molar-refractivity contribution in [1.29, 1.82) is 0 Å². The Balaban J connectivity index is 2.86.